The van der Waals surface area contributed by atoms with Crippen molar-refractivity contribution in [3.05, 3.63) is 71.5 Å². The van der Waals surface area contributed by atoms with Crippen molar-refractivity contribution in [1.82, 2.24) is 24.9 Å². The number of nitrogens with one attached hydrogen (secondary N) is 2. The Labute approximate surface area is 211 Å². The standard InChI is InChI=1S/C25H24N8O2S/c1-4-33-19(12-15(3)31-33)23(34)27-17-11-10-14(2)18(13-17)22-30-24(35-32-22)20-21(26)29-25(36-20)28-16-8-6-5-7-9-16/h5-13H,4,26H2,1-3H3,(H,27,34)(H,28,29). The van der Waals surface area contributed by atoms with E-state index >= 15 is 0 Å². The number of anilines is 4. The van der Waals surface area contributed by atoms with E-state index in [1.54, 1.807) is 10.7 Å². The Bertz CT molecular complexity index is 1540. The number of aromatic nitrogens is 5. The predicted molar refractivity (Wildman–Crippen MR) is 140 cm³/mol. The summed E-state index contributed by atoms with van der Waals surface area (Å²) in [4.78, 5) is 22.4. The van der Waals surface area contributed by atoms with Crippen LogP contribution in [0, 0.1) is 13.8 Å². The van der Waals surface area contributed by atoms with Crippen LogP contribution in [0.15, 0.2) is 59.1 Å². The van der Waals surface area contributed by atoms with Gasteiger partial charge < -0.3 is 20.9 Å². The lowest BCUT2D eigenvalue weighted by Crippen LogP contribution is -2.17. The molecule has 0 aliphatic heterocycles. The van der Waals surface area contributed by atoms with E-state index in [2.05, 4.69) is 30.9 Å². The molecular weight excluding hydrogens is 476 g/mol. The van der Waals surface area contributed by atoms with E-state index in [1.807, 2.05) is 69.3 Å². The molecule has 5 rings (SSSR count). The van der Waals surface area contributed by atoms with Gasteiger partial charge in [-0.3, -0.25) is 9.48 Å². The van der Waals surface area contributed by atoms with E-state index in [9.17, 15) is 4.79 Å². The predicted octanol–water partition coefficient (Wildman–Crippen LogP) is 5.27. The lowest BCUT2D eigenvalue weighted by atomic mass is 10.1. The molecule has 0 unspecified atom stereocenters. The van der Waals surface area contributed by atoms with E-state index in [4.69, 9.17) is 10.3 Å². The zero-order valence-corrected chi connectivity index (χ0v) is 20.8. The monoisotopic (exact) mass is 500 g/mol. The minimum Gasteiger partial charge on any atom is -0.382 e. The van der Waals surface area contributed by atoms with Crippen molar-refractivity contribution in [2.24, 2.45) is 0 Å². The van der Waals surface area contributed by atoms with Crippen LogP contribution in [0.4, 0.5) is 22.3 Å². The van der Waals surface area contributed by atoms with Gasteiger partial charge in [0.2, 0.25) is 5.82 Å². The highest BCUT2D eigenvalue weighted by Gasteiger charge is 2.20. The van der Waals surface area contributed by atoms with Crippen molar-refractivity contribution in [3.8, 4) is 22.2 Å². The summed E-state index contributed by atoms with van der Waals surface area (Å²) in [5, 5.41) is 15.3. The second-order valence-corrected chi connectivity index (χ2v) is 9.12. The summed E-state index contributed by atoms with van der Waals surface area (Å²) in [5.74, 6) is 0.724. The second-order valence-electron chi connectivity index (χ2n) is 8.12. The maximum absolute atomic E-state index is 12.9. The zero-order valence-electron chi connectivity index (χ0n) is 19.9. The number of rotatable bonds is 7. The number of carbonyl (C=O) groups excluding carboxylic acids is 1. The van der Waals surface area contributed by atoms with Crippen molar-refractivity contribution in [3.63, 3.8) is 0 Å². The van der Waals surface area contributed by atoms with E-state index in [0.717, 1.165) is 22.5 Å². The van der Waals surface area contributed by atoms with Gasteiger partial charge in [-0.1, -0.05) is 40.8 Å². The molecule has 11 heteroatoms. The number of hydrogen-bond acceptors (Lipinski definition) is 9. The van der Waals surface area contributed by atoms with Gasteiger partial charge >= 0.3 is 0 Å². The highest BCUT2D eigenvalue weighted by Crippen LogP contribution is 2.36. The SMILES string of the molecule is CCn1nc(C)cc1C(=O)Nc1ccc(C)c(-c2noc(-c3sc(Nc4ccccc4)nc3N)n2)c1. The summed E-state index contributed by atoms with van der Waals surface area (Å²) < 4.78 is 7.20. The first-order chi connectivity index (χ1) is 17.4. The number of nitrogens with zero attached hydrogens (tertiary/aromatic N) is 5. The third kappa shape index (κ3) is 4.68. The molecule has 0 saturated carbocycles. The quantitative estimate of drug-likeness (QED) is 0.275. The Hall–Kier alpha value is -4.51. The van der Waals surface area contributed by atoms with Crippen molar-refractivity contribution in [2.45, 2.75) is 27.3 Å². The third-order valence-corrected chi connectivity index (χ3v) is 6.44. The van der Waals surface area contributed by atoms with Crippen LogP contribution in [-0.2, 0) is 6.54 Å². The van der Waals surface area contributed by atoms with E-state index in [1.165, 1.54) is 11.3 Å². The number of hydrogen-bond donors (Lipinski definition) is 3. The zero-order chi connectivity index (χ0) is 25.2. The molecule has 5 aromatic rings. The van der Waals surface area contributed by atoms with Crippen LogP contribution in [0.2, 0.25) is 0 Å². The summed E-state index contributed by atoms with van der Waals surface area (Å²) in [6.07, 6.45) is 0. The summed E-state index contributed by atoms with van der Waals surface area (Å²) >= 11 is 1.33. The Balaban J connectivity index is 1.38. The van der Waals surface area contributed by atoms with Crippen LogP contribution < -0.4 is 16.4 Å². The minimum atomic E-state index is -0.239. The van der Waals surface area contributed by atoms with Gasteiger partial charge in [0.05, 0.1) is 5.69 Å². The molecule has 0 aliphatic rings. The highest BCUT2D eigenvalue weighted by atomic mass is 32.1. The van der Waals surface area contributed by atoms with Crippen LogP contribution in [0.1, 0.15) is 28.7 Å². The van der Waals surface area contributed by atoms with Crippen molar-refractivity contribution in [1.29, 1.82) is 0 Å². The fourth-order valence-corrected chi connectivity index (χ4v) is 4.54. The normalized spacial score (nSPS) is 11.0. The second kappa shape index (κ2) is 9.62. The topological polar surface area (TPSA) is 137 Å². The molecule has 1 amide bonds. The first-order valence-electron chi connectivity index (χ1n) is 11.3. The molecule has 0 aliphatic carbocycles. The molecule has 0 fully saturated rings. The van der Waals surface area contributed by atoms with Gasteiger partial charge in [0.15, 0.2) is 5.13 Å². The van der Waals surface area contributed by atoms with E-state index in [0.29, 0.717) is 39.6 Å². The first-order valence-corrected chi connectivity index (χ1v) is 12.1. The molecule has 2 aromatic carbocycles. The molecule has 0 atom stereocenters. The van der Waals surface area contributed by atoms with Gasteiger partial charge in [-0.05, 0) is 56.7 Å². The summed E-state index contributed by atoms with van der Waals surface area (Å²) in [7, 11) is 0. The molecule has 4 N–H and O–H groups in total. The Kier molecular flexibility index (Phi) is 6.21. The highest BCUT2D eigenvalue weighted by molar-refractivity contribution is 7.19. The molecule has 0 spiro atoms. The Morgan fingerprint density at radius 1 is 1.08 bits per heavy atom. The number of amides is 1. The molecule has 10 nitrogen and oxygen atoms in total. The molecule has 182 valence electrons. The Morgan fingerprint density at radius 2 is 1.89 bits per heavy atom. The molecule has 3 aromatic heterocycles. The summed E-state index contributed by atoms with van der Waals surface area (Å²) in [6, 6.07) is 17.0. The molecule has 36 heavy (non-hydrogen) atoms. The van der Waals surface area contributed by atoms with Gasteiger partial charge in [0.1, 0.15) is 16.4 Å². The van der Waals surface area contributed by atoms with Gasteiger partial charge in [-0.2, -0.15) is 10.1 Å². The summed E-state index contributed by atoms with van der Waals surface area (Å²) in [6.45, 7) is 6.34. The van der Waals surface area contributed by atoms with Gasteiger partial charge in [-0.25, -0.2) is 4.98 Å². The Morgan fingerprint density at radius 3 is 2.67 bits per heavy atom. The third-order valence-electron chi connectivity index (χ3n) is 5.47. The minimum absolute atomic E-state index is 0.239. The number of carbonyl (C=O) groups is 1. The number of nitrogen functional groups attached to an aromatic ring is 1. The van der Waals surface area contributed by atoms with E-state index < -0.39 is 0 Å². The average molecular weight is 501 g/mol. The van der Waals surface area contributed by atoms with Crippen LogP contribution >= 0.6 is 11.3 Å². The molecular formula is C25H24N8O2S. The molecule has 0 bridgehead atoms. The van der Waals surface area contributed by atoms with Crippen molar-refractivity contribution in [2.75, 3.05) is 16.4 Å². The summed E-state index contributed by atoms with van der Waals surface area (Å²) in [5.41, 5.74) is 10.6. The number of benzene rings is 2. The maximum Gasteiger partial charge on any atom is 0.273 e. The van der Waals surface area contributed by atoms with Gasteiger partial charge in [0.25, 0.3) is 11.8 Å². The average Bonchev–Trinajstić information content (AvgIpc) is 3.59. The number of thiazole rings is 1. The molecule has 0 saturated heterocycles. The molecule has 3 heterocycles. The fourth-order valence-electron chi connectivity index (χ4n) is 3.71. The number of nitrogens with two attached hydrogens (primary N) is 1. The van der Waals surface area contributed by atoms with Crippen molar-refractivity contribution < 1.29 is 9.32 Å². The number of aryl methyl sites for hydroxylation is 3. The van der Waals surface area contributed by atoms with Crippen LogP contribution in [0.3, 0.4) is 0 Å². The van der Waals surface area contributed by atoms with Crippen LogP contribution in [-0.4, -0.2) is 30.8 Å². The lowest BCUT2D eigenvalue weighted by molar-refractivity contribution is 0.101. The van der Waals surface area contributed by atoms with Crippen LogP contribution in [0.5, 0.6) is 0 Å². The maximum atomic E-state index is 12.9. The smallest absolute Gasteiger partial charge is 0.273 e. The number of para-hydroxylation sites is 1. The van der Waals surface area contributed by atoms with Crippen molar-refractivity contribution >= 4 is 39.6 Å². The lowest BCUT2D eigenvalue weighted by Gasteiger charge is -2.09. The van der Waals surface area contributed by atoms with Gasteiger partial charge in [-0.15, -0.1) is 0 Å². The fraction of sp³-hybridized carbons (Fsp3) is 0.160. The largest absolute Gasteiger partial charge is 0.382 e. The first kappa shape index (κ1) is 23.2. The van der Waals surface area contributed by atoms with Crippen LogP contribution in [0.25, 0.3) is 22.2 Å². The van der Waals surface area contributed by atoms with Gasteiger partial charge in [0, 0.05) is 23.5 Å². The van der Waals surface area contributed by atoms with E-state index in [-0.39, 0.29) is 11.8 Å². The molecule has 0 radical (unpaired) electrons.